The molecule has 1 fully saturated rings. The first-order chi connectivity index (χ1) is 12.6. The molecule has 7 heteroatoms. The number of hydrogen-bond acceptors (Lipinski definition) is 5. The summed E-state index contributed by atoms with van der Waals surface area (Å²) in [6.07, 6.45) is 1.30. The van der Waals surface area contributed by atoms with Crippen molar-refractivity contribution in [3.8, 4) is 5.75 Å². The summed E-state index contributed by atoms with van der Waals surface area (Å²) in [5.41, 5.74) is 6.40. The van der Waals surface area contributed by atoms with Gasteiger partial charge in [0.05, 0.1) is 22.1 Å². The maximum atomic E-state index is 12.8. The number of rotatable bonds is 3. The van der Waals surface area contributed by atoms with Crippen LogP contribution in [-0.4, -0.2) is 43.0 Å². The van der Waals surface area contributed by atoms with Crippen molar-refractivity contribution in [2.24, 2.45) is 11.7 Å². The molecule has 1 saturated heterocycles. The molecule has 0 radical (unpaired) electrons. The van der Waals surface area contributed by atoms with Gasteiger partial charge < -0.3 is 20.3 Å². The summed E-state index contributed by atoms with van der Waals surface area (Å²) >= 11 is 1.50. The van der Waals surface area contributed by atoms with Gasteiger partial charge in [-0.2, -0.15) is 0 Å². The molecule has 2 aliphatic rings. The van der Waals surface area contributed by atoms with Crippen LogP contribution >= 0.6 is 11.3 Å². The molecule has 1 aromatic heterocycles. The van der Waals surface area contributed by atoms with Gasteiger partial charge in [-0.05, 0) is 37.1 Å². The quantitative estimate of drug-likeness (QED) is 0.900. The molecule has 3 heterocycles. The average molecular weight is 371 g/mol. The first-order valence-electron chi connectivity index (χ1n) is 8.81. The fourth-order valence-corrected chi connectivity index (χ4v) is 4.52. The van der Waals surface area contributed by atoms with Gasteiger partial charge in [0.1, 0.15) is 12.4 Å². The van der Waals surface area contributed by atoms with Crippen molar-refractivity contribution < 1.29 is 14.3 Å². The summed E-state index contributed by atoms with van der Waals surface area (Å²) in [7, 11) is 0. The predicted molar refractivity (Wildman–Crippen MR) is 101 cm³/mol. The Morgan fingerprint density at radius 2 is 1.85 bits per heavy atom. The van der Waals surface area contributed by atoms with Crippen LogP contribution in [-0.2, 0) is 4.79 Å². The third kappa shape index (κ3) is 3.14. The van der Waals surface area contributed by atoms with Gasteiger partial charge in [0.15, 0.2) is 0 Å². The molecule has 2 aliphatic heterocycles. The molecule has 0 aliphatic carbocycles. The number of nitrogens with zero attached hydrogens (tertiary/aromatic N) is 2. The lowest BCUT2D eigenvalue weighted by atomic mass is 9.96. The van der Waals surface area contributed by atoms with Gasteiger partial charge in [0.2, 0.25) is 5.91 Å². The Kier molecular flexibility index (Phi) is 4.55. The Balaban J connectivity index is 1.49. The number of anilines is 2. The maximum absolute atomic E-state index is 12.8. The minimum absolute atomic E-state index is 0.0331. The van der Waals surface area contributed by atoms with Crippen LogP contribution in [0, 0.1) is 5.92 Å². The van der Waals surface area contributed by atoms with Gasteiger partial charge >= 0.3 is 0 Å². The molecule has 6 nitrogen and oxygen atoms in total. The highest BCUT2D eigenvalue weighted by Gasteiger charge is 2.28. The van der Waals surface area contributed by atoms with Crippen molar-refractivity contribution in [1.82, 2.24) is 4.90 Å². The third-order valence-electron chi connectivity index (χ3n) is 4.98. The molecule has 26 heavy (non-hydrogen) atoms. The van der Waals surface area contributed by atoms with Crippen molar-refractivity contribution >= 4 is 33.8 Å². The third-order valence-corrected chi connectivity index (χ3v) is 6.08. The lowest BCUT2D eigenvalue weighted by molar-refractivity contribution is -0.123. The number of para-hydroxylation sites is 2. The number of carbonyl (C=O) groups is 2. The molecule has 2 N–H and O–H groups in total. The molecule has 0 unspecified atom stereocenters. The van der Waals surface area contributed by atoms with Crippen LogP contribution in [0.25, 0.3) is 0 Å². The van der Waals surface area contributed by atoms with Crippen molar-refractivity contribution in [2.75, 3.05) is 31.1 Å². The predicted octanol–water partition coefficient (Wildman–Crippen LogP) is 2.62. The van der Waals surface area contributed by atoms with Crippen molar-refractivity contribution in [3.63, 3.8) is 0 Å². The number of nitrogens with two attached hydrogens (primary N) is 1. The van der Waals surface area contributed by atoms with E-state index >= 15 is 0 Å². The van der Waals surface area contributed by atoms with E-state index in [0.29, 0.717) is 32.5 Å². The zero-order valence-electron chi connectivity index (χ0n) is 14.4. The lowest BCUT2D eigenvalue weighted by Crippen LogP contribution is -2.41. The molecular weight excluding hydrogens is 350 g/mol. The molecule has 0 bridgehead atoms. The number of carbonyl (C=O) groups excluding carboxylic acids is 2. The zero-order valence-corrected chi connectivity index (χ0v) is 15.2. The highest BCUT2D eigenvalue weighted by Crippen LogP contribution is 2.39. The number of likely N-dealkylation sites (tertiary alicyclic amines) is 1. The van der Waals surface area contributed by atoms with Gasteiger partial charge in [0.25, 0.3) is 5.91 Å². The van der Waals surface area contributed by atoms with Crippen LogP contribution in [0.5, 0.6) is 5.75 Å². The number of ether oxygens (including phenoxy) is 1. The smallest absolute Gasteiger partial charge is 0.263 e. The molecule has 2 amide bonds. The van der Waals surface area contributed by atoms with E-state index in [1.165, 1.54) is 11.3 Å². The van der Waals surface area contributed by atoms with E-state index in [1.807, 2.05) is 41.3 Å². The molecule has 1 aromatic carbocycles. The summed E-state index contributed by atoms with van der Waals surface area (Å²) in [5.74, 6) is 0.531. The standard InChI is InChI=1S/C19H21N3O3S/c20-18(23)13-7-9-21(10-8-13)19(24)16-5-6-17(26-16)22-11-12-25-15-4-2-1-3-14(15)22/h1-6,13H,7-12H2,(H2,20,23). The fraction of sp³-hybridized carbons (Fsp3) is 0.368. The maximum Gasteiger partial charge on any atom is 0.263 e. The lowest BCUT2D eigenvalue weighted by Gasteiger charge is -2.30. The Labute approximate surface area is 156 Å². The SMILES string of the molecule is NC(=O)C1CCN(C(=O)c2ccc(N3CCOc4ccccc43)s2)CC1. The van der Waals surface area contributed by atoms with Crippen LogP contribution < -0.4 is 15.4 Å². The van der Waals surface area contributed by atoms with Crippen LogP contribution in [0.4, 0.5) is 10.7 Å². The summed E-state index contributed by atoms with van der Waals surface area (Å²) in [5, 5.41) is 1.04. The minimum Gasteiger partial charge on any atom is -0.490 e. The topological polar surface area (TPSA) is 75.9 Å². The molecule has 0 atom stereocenters. The van der Waals surface area contributed by atoms with Gasteiger partial charge in [-0.3, -0.25) is 9.59 Å². The molecule has 2 aromatic rings. The first kappa shape index (κ1) is 16.9. The van der Waals surface area contributed by atoms with E-state index in [4.69, 9.17) is 10.5 Å². The van der Waals surface area contributed by atoms with Crippen molar-refractivity contribution in [1.29, 1.82) is 0 Å². The van der Waals surface area contributed by atoms with Crippen LogP contribution in [0.15, 0.2) is 36.4 Å². The molecule has 0 saturated carbocycles. The second-order valence-electron chi connectivity index (χ2n) is 6.57. The van der Waals surface area contributed by atoms with Crippen LogP contribution in [0.3, 0.4) is 0 Å². The number of piperidine rings is 1. The fourth-order valence-electron chi connectivity index (χ4n) is 3.51. The summed E-state index contributed by atoms with van der Waals surface area (Å²) < 4.78 is 5.70. The van der Waals surface area contributed by atoms with Gasteiger partial charge in [-0.1, -0.05) is 12.1 Å². The highest BCUT2D eigenvalue weighted by atomic mass is 32.1. The van der Waals surface area contributed by atoms with E-state index in [-0.39, 0.29) is 17.7 Å². The summed E-state index contributed by atoms with van der Waals surface area (Å²) in [6, 6.07) is 11.8. The second-order valence-corrected chi connectivity index (χ2v) is 7.64. The summed E-state index contributed by atoms with van der Waals surface area (Å²) in [6.45, 7) is 2.55. The van der Waals surface area contributed by atoms with Crippen molar-refractivity contribution in [3.05, 3.63) is 41.3 Å². The number of hydrogen-bond donors (Lipinski definition) is 1. The molecule has 4 rings (SSSR count). The zero-order chi connectivity index (χ0) is 18.1. The number of benzene rings is 1. The number of fused-ring (bicyclic) bond motifs is 1. The molecule has 0 spiro atoms. The first-order valence-corrected chi connectivity index (χ1v) is 9.63. The monoisotopic (exact) mass is 371 g/mol. The van der Waals surface area contributed by atoms with Gasteiger partial charge in [0, 0.05) is 19.0 Å². The minimum atomic E-state index is -0.263. The van der Waals surface area contributed by atoms with Gasteiger partial charge in [-0.25, -0.2) is 0 Å². The second kappa shape index (κ2) is 6.99. The number of amides is 2. The van der Waals surface area contributed by atoms with Crippen LogP contribution in [0.2, 0.25) is 0 Å². The molecule has 136 valence electrons. The van der Waals surface area contributed by atoms with E-state index in [2.05, 4.69) is 4.90 Å². The Morgan fingerprint density at radius 3 is 2.62 bits per heavy atom. The normalized spacial score (nSPS) is 17.5. The number of primary amides is 1. The molecular formula is C19H21N3O3S. The Hall–Kier alpha value is -2.54. The highest BCUT2D eigenvalue weighted by molar-refractivity contribution is 7.18. The number of thiophene rings is 1. The van der Waals surface area contributed by atoms with Gasteiger partial charge in [-0.15, -0.1) is 11.3 Å². The largest absolute Gasteiger partial charge is 0.490 e. The average Bonchev–Trinajstić information content (AvgIpc) is 3.17. The van der Waals surface area contributed by atoms with E-state index < -0.39 is 0 Å². The van der Waals surface area contributed by atoms with E-state index in [1.54, 1.807) is 0 Å². The van der Waals surface area contributed by atoms with E-state index in [9.17, 15) is 9.59 Å². The van der Waals surface area contributed by atoms with E-state index in [0.717, 1.165) is 27.9 Å². The Morgan fingerprint density at radius 1 is 1.08 bits per heavy atom. The Bertz CT molecular complexity index is 827. The summed E-state index contributed by atoms with van der Waals surface area (Å²) in [4.78, 5) is 28.8. The van der Waals surface area contributed by atoms with Crippen LogP contribution in [0.1, 0.15) is 22.5 Å². The van der Waals surface area contributed by atoms with Crippen molar-refractivity contribution in [2.45, 2.75) is 12.8 Å².